The summed E-state index contributed by atoms with van der Waals surface area (Å²) in [5.74, 6) is 3.34. The highest BCUT2D eigenvalue weighted by Crippen LogP contribution is 2.66. The highest BCUT2D eigenvalue weighted by Gasteiger charge is 2.35. The molecule has 0 spiro atoms. The van der Waals surface area contributed by atoms with Crippen LogP contribution in [0.3, 0.4) is 0 Å². The minimum atomic E-state index is -2.46. The van der Waals surface area contributed by atoms with Crippen LogP contribution in [-0.2, 0) is 9.09 Å². The van der Waals surface area contributed by atoms with Crippen LogP contribution in [-0.4, -0.2) is 29.5 Å². The molecule has 0 aromatic heterocycles. The predicted octanol–water partition coefficient (Wildman–Crippen LogP) is 6.60. The van der Waals surface area contributed by atoms with Crippen LogP contribution in [0.25, 0.3) is 0 Å². The normalized spacial score (nSPS) is 19.5. The highest BCUT2D eigenvalue weighted by atomic mass is 32.7. The van der Waals surface area contributed by atoms with Crippen LogP contribution in [0.15, 0.2) is 0 Å². The Kier molecular flexibility index (Phi) is 11.7. The molecule has 0 N–H and O–H groups in total. The lowest BCUT2D eigenvalue weighted by Gasteiger charge is -2.29. The van der Waals surface area contributed by atoms with Crippen molar-refractivity contribution < 1.29 is 9.09 Å². The van der Waals surface area contributed by atoms with Gasteiger partial charge < -0.3 is 4.52 Å². The summed E-state index contributed by atoms with van der Waals surface area (Å²) in [4.78, 5) is 0. The van der Waals surface area contributed by atoms with Gasteiger partial charge in [0.2, 0.25) is 0 Å². The second-order valence-corrected chi connectivity index (χ2v) is 12.0. The van der Waals surface area contributed by atoms with Gasteiger partial charge in [0, 0.05) is 17.2 Å². The maximum atomic E-state index is 13.1. The van der Waals surface area contributed by atoms with Gasteiger partial charge in [-0.1, -0.05) is 56.8 Å². The zero-order chi connectivity index (χ0) is 15.4. The van der Waals surface area contributed by atoms with Gasteiger partial charge in [-0.2, -0.15) is 11.8 Å². The molecule has 1 atom stereocenters. The van der Waals surface area contributed by atoms with E-state index >= 15 is 0 Å². The van der Waals surface area contributed by atoms with Gasteiger partial charge in [0.25, 0.3) is 6.57 Å². The molecule has 0 amide bonds. The van der Waals surface area contributed by atoms with Crippen molar-refractivity contribution >= 4 is 29.7 Å². The van der Waals surface area contributed by atoms with E-state index in [2.05, 4.69) is 6.92 Å². The van der Waals surface area contributed by atoms with E-state index in [-0.39, 0.29) is 0 Å². The average molecular weight is 353 g/mol. The summed E-state index contributed by atoms with van der Waals surface area (Å²) < 4.78 is 18.8. The molecule has 0 aromatic carbocycles. The summed E-state index contributed by atoms with van der Waals surface area (Å²) in [7, 11) is 0. The molecule has 1 fully saturated rings. The van der Waals surface area contributed by atoms with Crippen molar-refractivity contribution in [1.82, 2.24) is 0 Å². The molecule has 126 valence electrons. The lowest BCUT2D eigenvalue weighted by atomic mass is 10.0. The molecule has 0 bridgehead atoms. The van der Waals surface area contributed by atoms with E-state index in [0.717, 1.165) is 24.3 Å². The fraction of sp³-hybridized carbons (Fsp3) is 1.00. The Labute approximate surface area is 140 Å². The van der Waals surface area contributed by atoms with Crippen molar-refractivity contribution in [3.05, 3.63) is 0 Å². The number of rotatable bonds is 12. The van der Waals surface area contributed by atoms with Crippen LogP contribution >= 0.6 is 29.7 Å². The van der Waals surface area contributed by atoms with Crippen LogP contribution in [0.1, 0.15) is 71.6 Å². The first kappa shape index (κ1) is 19.9. The summed E-state index contributed by atoms with van der Waals surface area (Å²) in [5, 5.41) is 0. The van der Waals surface area contributed by atoms with Crippen LogP contribution in [0.5, 0.6) is 0 Å². The van der Waals surface area contributed by atoms with E-state index in [9.17, 15) is 4.57 Å². The fourth-order valence-corrected chi connectivity index (χ4v) is 9.51. The Morgan fingerprint density at radius 2 is 1.76 bits per heavy atom. The lowest BCUT2D eigenvalue weighted by Crippen LogP contribution is -2.13. The van der Waals surface area contributed by atoms with Crippen molar-refractivity contribution in [2.75, 3.05) is 23.9 Å². The molecular weight excluding hydrogens is 319 g/mol. The van der Waals surface area contributed by atoms with E-state index in [0.29, 0.717) is 12.3 Å². The van der Waals surface area contributed by atoms with Gasteiger partial charge in [-0.25, -0.2) is 0 Å². The number of hydrogen-bond acceptors (Lipinski definition) is 4. The minimum absolute atomic E-state index is 0.325. The maximum Gasteiger partial charge on any atom is 0.260 e. The van der Waals surface area contributed by atoms with Crippen molar-refractivity contribution in [2.45, 2.75) is 77.3 Å². The number of thioether (sulfide) groups is 1. The van der Waals surface area contributed by atoms with Crippen LogP contribution in [0.2, 0.25) is 0 Å². The van der Waals surface area contributed by atoms with Gasteiger partial charge in [-0.05, 0) is 31.9 Å². The molecule has 0 radical (unpaired) electrons. The third-order valence-corrected chi connectivity index (χ3v) is 10.9. The molecule has 2 nitrogen and oxygen atoms in total. The Hall–Kier alpha value is 0.890. The van der Waals surface area contributed by atoms with Crippen molar-refractivity contribution in [1.29, 1.82) is 0 Å². The molecule has 0 aromatic rings. The Morgan fingerprint density at radius 3 is 2.43 bits per heavy atom. The third kappa shape index (κ3) is 8.34. The monoisotopic (exact) mass is 352 g/mol. The van der Waals surface area contributed by atoms with E-state index in [1.54, 1.807) is 11.4 Å². The van der Waals surface area contributed by atoms with Gasteiger partial charge in [0.1, 0.15) is 0 Å². The smallest absolute Gasteiger partial charge is 0.260 e. The molecule has 0 saturated heterocycles. The molecule has 1 rings (SSSR count). The molecule has 0 heterocycles. The molecule has 5 heteroatoms. The van der Waals surface area contributed by atoms with Crippen LogP contribution < -0.4 is 0 Å². The molecule has 1 unspecified atom stereocenters. The molecular formula is C16H33O2PS2. The van der Waals surface area contributed by atoms with Gasteiger partial charge in [-0.15, -0.1) is 0 Å². The van der Waals surface area contributed by atoms with E-state index in [1.165, 1.54) is 50.7 Å². The van der Waals surface area contributed by atoms with E-state index in [1.807, 2.05) is 18.7 Å². The number of hydrogen-bond donors (Lipinski definition) is 0. The second-order valence-electron chi connectivity index (χ2n) is 5.76. The first-order valence-corrected chi connectivity index (χ1v) is 13.1. The van der Waals surface area contributed by atoms with Crippen LogP contribution in [0.4, 0.5) is 0 Å². The molecule has 1 aliphatic rings. The Balaban J connectivity index is 2.19. The quantitative estimate of drug-likeness (QED) is 0.292. The first-order chi connectivity index (χ1) is 10.2. The minimum Gasteiger partial charge on any atom is -0.321 e. The van der Waals surface area contributed by atoms with E-state index in [4.69, 9.17) is 4.52 Å². The predicted molar refractivity (Wildman–Crippen MR) is 100 cm³/mol. The van der Waals surface area contributed by atoms with Gasteiger partial charge in [-0.3, -0.25) is 4.57 Å². The van der Waals surface area contributed by atoms with Crippen LogP contribution in [0, 0.1) is 0 Å². The van der Waals surface area contributed by atoms with Crippen molar-refractivity contribution in [3.8, 4) is 0 Å². The standard InChI is InChI=1S/C16H33O2PS2/c1-3-5-6-10-13-20-14-15-21-19(17,18-4-2)16-11-8-7-9-12-16/h16H,3-15H2,1-2H3. The van der Waals surface area contributed by atoms with Gasteiger partial charge >= 0.3 is 0 Å². The number of unbranched alkanes of at least 4 members (excludes halogenated alkanes) is 3. The largest absolute Gasteiger partial charge is 0.321 e. The summed E-state index contributed by atoms with van der Waals surface area (Å²) >= 11 is 3.65. The summed E-state index contributed by atoms with van der Waals surface area (Å²) in [6.07, 6.45) is 11.3. The topological polar surface area (TPSA) is 26.3 Å². The Morgan fingerprint density at radius 1 is 1.00 bits per heavy atom. The van der Waals surface area contributed by atoms with Gasteiger partial charge in [0.05, 0.1) is 6.61 Å². The maximum absolute atomic E-state index is 13.1. The molecule has 1 saturated carbocycles. The lowest BCUT2D eigenvalue weighted by molar-refractivity contribution is 0.328. The van der Waals surface area contributed by atoms with Crippen molar-refractivity contribution in [2.24, 2.45) is 0 Å². The SMILES string of the molecule is CCCCCCSCCSP(=O)(OCC)C1CCCCC1. The average Bonchev–Trinajstić information content (AvgIpc) is 2.51. The van der Waals surface area contributed by atoms with E-state index < -0.39 is 6.57 Å². The third-order valence-electron chi connectivity index (χ3n) is 3.97. The molecule has 21 heavy (non-hydrogen) atoms. The summed E-state index contributed by atoms with van der Waals surface area (Å²) in [5.41, 5.74) is 0.325. The Bertz CT molecular complexity index is 294. The zero-order valence-electron chi connectivity index (χ0n) is 13.8. The zero-order valence-corrected chi connectivity index (χ0v) is 16.4. The molecule has 1 aliphatic carbocycles. The van der Waals surface area contributed by atoms with Gasteiger partial charge in [0.15, 0.2) is 0 Å². The summed E-state index contributed by atoms with van der Waals surface area (Å²) in [6, 6.07) is 0. The van der Waals surface area contributed by atoms with Crippen molar-refractivity contribution in [3.63, 3.8) is 0 Å². The first-order valence-electron chi connectivity index (χ1n) is 8.69. The highest BCUT2D eigenvalue weighted by molar-refractivity contribution is 8.56. The molecule has 0 aliphatic heterocycles. The summed E-state index contributed by atoms with van der Waals surface area (Å²) in [6.45, 7) is 2.35. The fourth-order valence-electron chi connectivity index (χ4n) is 2.78. The second kappa shape index (κ2) is 12.3.